The van der Waals surface area contributed by atoms with Gasteiger partial charge in [0.2, 0.25) is 0 Å². The number of fused-ring (bicyclic) bond motifs is 1. The Kier molecular flexibility index (Phi) is 2.70. The number of nitrogens with zero attached hydrogens (tertiary/aromatic N) is 6. The van der Waals surface area contributed by atoms with Crippen LogP contribution in [-0.4, -0.2) is 35.2 Å². The fourth-order valence-electron chi connectivity index (χ4n) is 2.32. The van der Waals surface area contributed by atoms with Crippen LogP contribution in [0.1, 0.15) is 28.8 Å². The third-order valence-corrected chi connectivity index (χ3v) is 3.47. The molecule has 104 valence electrons. The summed E-state index contributed by atoms with van der Waals surface area (Å²) in [6, 6.07) is 1.76. The Morgan fingerprint density at radius 1 is 1.30 bits per heavy atom. The molecule has 0 atom stereocenters. The van der Waals surface area contributed by atoms with Gasteiger partial charge in [-0.3, -0.25) is 14.2 Å². The molecule has 0 saturated carbocycles. The highest BCUT2D eigenvalue weighted by molar-refractivity contribution is 5.99. The molecule has 0 radical (unpaired) electrons. The Labute approximate surface area is 115 Å². The van der Waals surface area contributed by atoms with Crippen LogP contribution >= 0.6 is 0 Å². The highest BCUT2D eigenvalue weighted by atomic mass is 16.2. The molecule has 20 heavy (non-hydrogen) atoms. The Balaban J connectivity index is 2.15. The zero-order chi connectivity index (χ0) is 14.4. The number of carbonyl (C=O) groups excluding carboxylic acids is 1. The molecule has 7 heteroatoms. The van der Waals surface area contributed by atoms with E-state index in [-0.39, 0.29) is 5.91 Å². The summed E-state index contributed by atoms with van der Waals surface area (Å²) in [4.78, 5) is 12.5. The number of rotatable bonds is 2. The molecule has 3 rings (SSSR count). The van der Waals surface area contributed by atoms with Crippen molar-refractivity contribution in [3.05, 3.63) is 29.3 Å². The molecule has 0 aliphatic heterocycles. The molecule has 0 fully saturated rings. The molecule has 3 heterocycles. The van der Waals surface area contributed by atoms with Gasteiger partial charge in [0.1, 0.15) is 11.0 Å². The minimum absolute atomic E-state index is 0.234. The first-order valence-electron chi connectivity index (χ1n) is 6.49. The normalized spacial score (nSPS) is 11.4. The van der Waals surface area contributed by atoms with Crippen molar-refractivity contribution in [1.82, 2.24) is 29.3 Å². The predicted octanol–water partition coefficient (Wildman–Crippen LogP) is 1.29. The van der Waals surface area contributed by atoms with E-state index in [2.05, 4.69) is 15.3 Å². The van der Waals surface area contributed by atoms with Gasteiger partial charge in [0.25, 0.3) is 5.91 Å². The molecule has 0 bridgehead atoms. The van der Waals surface area contributed by atoms with Gasteiger partial charge < -0.3 is 0 Å². The van der Waals surface area contributed by atoms with E-state index in [1.165, 1.54) is 4.68 Å². The van der Waals surface area contributed by atoms with Gasteiger partial charge in [-0.1, -0.05) is 0 Å². The maximum Gasteiger partial charge on any atom is 0.299 e. The van der Waals surface area contributed by atoms with E-state index in [0.29, 0.717) is 5.69 Å². The minimum Gasteiger partial charge on any atom is -0.272 e. The SMILES string of the molecule is CCn1nc(C)c2c1cnn2C(=O)c1cc(C)n(C)n1. The smallest absolute Gasteiger partial charge is 0.272 e. The van der Waals surface area contributed by atoms with Crippen molar-refractivity contribution in [2.75, 3.05) is 0 Å². The summed E-state index contributed by atoms with van der Waals surface area (Å²) in [5.74, 6) is -0.234. The van der Waals surface area contributed by atoms with Crippen molar-refractivity contribution in [2.24, 2.45) is 7.05 Å². The summed E-state index contributed by atoms with van der Waals surface area (Å²) in [6.07, 6.45) is 1.67. The van der Waals surface area contributed by atoms with Crippen molar-refractivity contribution in [3.8, 4) is 0 Å². The van der Waals surface area contributed by atoms with E-state index in [9.17, 15) is 4.79 Å². The summed E-state index contributed by atoms with van der Waals surface area (Å²) in [5.41, 5.74) is 3.72. The maximum atomic E-state index is 12.5. The Hall–Kier alpha value is -2.44. The molecule has 0 saturated heterocycles. The second kappa shape index (κ2) is 4.29. The van der Waals surface area contributed by atoms with Gasteiger partial charge in [0, 0.05) is 19.3 Å². The summed E-state index contributed by atoms with van der Waals surface area (Å²) in [7, 11) is 1.81. The molecule has 0 aliphatic carbocycles. The molecule has 0 aromatic carbocycles. The van der Waals surface area contributed by atoms with Gasteiger partial charge in [-0.15, -0.1) is 0 Å². The second-order valence-corrected chi connectivity index (χ2v) is 4.79. The number of hydrogen-bond acceptors (Lipinski definition) is 4. The van der Waals surface area contributed by atoms with E-state index < -0.39 is 0 Å². The zero-order valence-corrected chi connectivity index (χ0v) is 12.0. The van der Waals surface area contributed by atoms with Crippen LogP contribution in [0.25, 0.3) is 11.0 Å². The highest BCUT2D eigenvalue weighted by Gasteiger charge is 2.20. The number of carbonyl (C=O) groups is 1. The molecular weight excluding hydrogens is 256 g/mol. The van der Waals surface area contributed by atoms with E-state index in [4.69, 9.17) is 0 Å². The molecular formula is C13H16N6O. The minimum atomic E-state index is -0.234. The molecule has 3 aromatic heterocycles. The molecule has 0 unspecified atom stereocenters. The third kappa shape index (κ3) is 1.66. The quantitative estimate of drug-likeness (QED) is 0.705. The molecule has 0 aliphatic rings. The first-order chi connectivity index (χ1) is 9.52. The van der Waals surface area contributed by atoms with Gasteiger partial charge in [-0.25, -0.2) is 0 Å². The van der Waals surface area contributed by atoms with Gasteiger partial charge in [0.05, 0.1) is 11.9 Å². The predicted molar refractivity (Wildman–Crippen MR) is 73.6 cm³/mol. The molecule has 3 aromatic rings. The first kappa shape index (κ1) is 12.6. The highest BCUT2D eigenvalue weighted by Crippen LogP contribution is 2.18. The second-order valence-electron chi connectivity index (χ2n) is 4.79. The third-order valence-electron chi connectivity index (χ3n) is 3.47. The van der Waals surface area contributed by atoms with Crippen LogP contribution in [0.5, 0.6) is 0 Å². The van der Waals surface area contributed by atoms with Crippen LogP contribution in [0, 0.1) is 13.8 Å². The van der Waals surface area contributed by atoms with Gasteiger partial charge in [0.15, 0.2) is 5.69 Å². The van der Waals surface area contributed by atoms with E-state index in [1.54, 1.807) is 16.9 Å². The van der Waals surface area contributed by atoms with E-state index in [1.807, 2.05) is 32.5 Å². The van der Waals surface area contributed by atoms with Crippen LogP contribution in [-0.2, 0) is 13.6 Å². The van der Waals surface area contributed by atoms with Gasteiger partial charge >= 0.3 is 0 Å². The summed E-state index contributed by atoms with van der Waals surface area (Å²) in [5, 5.41) is 12.8. The fraction of sp³-hybridized carbons (Fsp3) is 0.385. The fourth-order valence-corrected chi connectivity index (χ4v) is 2.32. The number of hydrogen-bond donors (Lipinski definition) is 0. The van der Waals surface area contributed by atoms with Crippen molar-refractivity contribution in [3.63, 3.8) is 0 Å². The molecule has 0 N–H and O–H groups in total. The number of aryl methyl sites for hydroxylation is 4. The molecule has 0 spiro atoms. The van der Waals surface area contributed by atoms with Gasteiger partial charge in [-0.2, -0.15) is 20.0 Å². The molecule has 0 amide bonds. The maximum absolute atomic E-state index is 12.5. The van der Waals surface area contributed by atoms with Crippen LogP contribution in [0.3, 0.4) is 0 Å². The van der Waals surface area contributed by atoms with Crippen LogP contribution in [0.2, 0.25) is 0 Å². The molecule has 7 nitrogen and oxygen atoms in total. The standard InChI is InChI=1S/C13H16N6O/c1-5-18-11-7-14-19(12(11)9(3)15-18)13(20)10-6-8(2)17(4)16-10/h6-7H,5H2,1-4H3. The topological polar surface area (TPSA) is 70.5 Å². The van der Waals surface area contributed by atoms with Gasteiger partial charge in [-0.05, 0) is 26.8 Å². The van der Waals surface area contributed by atoms with Crippen LogP contribution in [0.15, 0.2) is 12.3 Å². The van der Waals surface area contributed by atoms with Crippen molar-refractivity contribution in [2.45, 2.75) is 27.3 Å². The van der Waals surface area contributed by atoms with Crippen LogP contribution in [0.4, 0.5) is 0 Å². The average Bonchev–Trinajstić information content (AvgIpc) is 3.07. The van der Waals surface area contributed by atoms with Crippen molar-refractivity contribution >= 4 is 16.9 Å². The Morgan fingerprint density at radius 2 is 2.05 bits per heavy atom. The van der Waals surface area contributed by atoms with E-state index >= 15 is 0 Å². The summed E-state index contributed by atoms with van der Waals surface area (Å²) in [6.45, 7) is 6.53. The lowest BCUT2D eigenvalue weighted by Gasteiger charge is -1.97. The largest absolute Gasteiger partial charge is 0.299 e. The summed E-state index contributed by atoms with van der Waals surface area (Å²) < 4.78 is 4.90. The van der Waals surface area contributed by atoms with Crippen molar-refractivity contribution in [1.29, 1.82) is 0 Å². The zero-order valence-electron chi connectivity index (χ0n) is 12.0. The average molecular weight is 272 g/mol. The first-order valence-corrected chi connectivity index (χ1v) is 6.49. The number of aromatic nitrogens is 6. The Morgan fingerprint density at radius 3 is 2.65 bits per heavy atom. The monoisotopic (exact) mass is 272 g/mol. The summed E-state index contributed by atoms with van der Waals surface area (Å²) >= 11 is 0. The lowest BCUT2D eigenvalue weighted by atomic mass is 10.3. The Bertz CT molecular complexity index is 787. The van der Waals surface area contributed by atoms with Crippen molar-refractivity contribution < 1.29 is 4.79 Å². The van der Waals surface area contributed by atoms with Crippen LogP contribution < -0.4 is 0 Å². The lowest BCUT2D eigenvalue weighted by molar-refractivity contribution is 0.0944. The lowest BCUT2D eigenvalue weighted by Crippen LogP contribution is -2.14. The van der Waals surface area contributed by atoms with E-state index in [0.717, 1.165) is 29.0 Å².